The normalized spacial score (nSPS) is 11.9. The summed E-state index contributed by atoms with van der Waals surface area (Å²) in [7, 11) is 0. The fourth-order valence-corrected chi connectivity index (χ4v) is 2.65. The summed E-state index contributed by atoms with van der Waals surface area (Å²) < 4.78 is 38.9. The van der Waals surface area contributed by atoms with Crippen LogP contribution in [0.2, 0.25) is 0 Å². The molecule has 2 aromatic carbocycles. The van der Waals surface area contributed by atoms with E-state index in [0.29, 0.717) is 12.1 Å². The molecule has 6 heteroatoms. The highest BCUT2D eigenvalue weighted by Gasteiger charge is 2.30. The molecule has 3 nitrogen and oxygen atoms in total. The van der Waals surface area contributed by atoms with Crippen molar-refractivity contribution in [2.24, 2.45) is 5.73 Å². The molecular weight excluding hydrogens is 341 g/mol. The number of hydrogen-bond donors (Lipinski definition) is 1. The minimum Gasteiger partial charge on any atom is -0.366 e. The maximum atomic E-state index is 13.0. The predicted molar refractivity (Wildman–Crippen MR) is 97.4 cm³/mol. The van der Waals surface area contributed by atoms with E-state index in [-0.39, 0.29) is 6.04 Å². The van der Waals surface area contributed by atoms with Crippen molar-refractivity contribution >= 4 is 17.7 Å². The van der Waals surface area contributed by atoms with Crippen LogP contribution in [-0.4, -0.2) is 11.9 Å². The second-order valence-electron chi connectivity index (χ2n) is 6.21. The Morgan fingerprint density at radius 1 is 1.15 bits per heavy atom. The van der Waals surface area contributed by atoms with E-state index < -0.39 is 17.6 Å². The minimum atomic E-state index is -4.37. The third-order valence-corrected chi connectivity index (χ3v) is 3.90. The summed E-state index contributed by atoms with van der Waals surface area (Å²) >= 11 is 0. The van der Waals surface area contributed by atoms with Crippen molar-refractivity contribution in [2.45, 2.75) is 32.6 Å². The number of amides is 1. The first-order chi connectivity index (χ1) is 12.2. The van der Waals surface area contributed by atoms with Crippen molar-refractivity contribution in [1.29, 1.82) is 0 Å². The van der Waals surface area contributed by atoms with E-state index in [1.54, 1.807) is 12.1 Å². The number of anilines is 1. The van der Waals surface area contributed by atoms with E-state index in [4.69, 9.17) is 5.73 Å². The molecule has 0 bridgehead atoms. The maximum Gasteiger partial charge on any atom is 0.416 e. The summed E-state index contributed by atoms with van der Waals surface area (Å²) in [6, 6.07) is 12.7. The van der Waals surface area contributed by atoms with Crippen LogP contribution in [0.4, 0.5) is 18.9 Å². The number of primary amides is 1. The Morgan fingerprint density at radius 3 is 2.46 bits per heavy atom. The van der Waals surface area contributed by atoms with E-state index in [1.165, 1.54) is 12.1 Å². The summed E-state index contributed by atoms with van der Waals surface area (Å²) in [6.45, 7) is 4.23. The lowest BCUT2D eigenvalue weighted by atomic mass is 10.1. The Kier molecular flexibility index (Phi) is 6.08. The smallest absolute Gasteiger partial charge is 0.366 e. The highest BCUT2D eigenvalue weighted by atomic mass is 19.4. The second kappa shape index (κ2) is 8.08. The molecule has 0 aromatic heterocycles. The van der Waals surface area contributed by atoms with Crippen molar-refractivity contribution in [1.82, 2.24) is 0 Å². The number of halogens is 3. The lowest BCUT2D eigenvalue weighted by Gasteiger charge is -2.31. The Balaban J connectivity index is 2.38. The van der Waals surface area contributed by atoms with Crippen LogP contribution in [0.15, 0.2) is 54.6 Å². The zero-order valence-electron chi connectivity index (χ0n) is 14.6. The van der Waals surface area contributed by atoms with Gasteiger partial charge in [-0.1, -0.05) is 30.3 Å². The van der Waals surface area contributed by atoms with Gasteiger partial charge in [0.15, 0.2) is 0 Å². The maximum absolute atomic E-state index is 13.0. The molecule has 0 saturated heterocycles. The number of hydrogen-bond acceptors (Lipinski definition) is 2. The summed E-state index contributed by atoms with van der Waals surface area (Å²) in [6.07, 6.45) is -1.50. The van der Waals surface area contributed by atoms with Gasteiger partial charge in [0.05, 0.1) is 5.56 Å². The molecule has 138 valence electrons. The first kappa shape index (κ1) is 19.6. The average molecular weight is 362 g/mol. The highest BCUT2D eigenvalue weighted by molar-refractivity contribution is 5.91. The molecule has 0 saturated carbocycles. The number of benzene rings is 2. The van der Waals surface area contributed by atoms with Crippen LogP contribution in [0.1, 0.15) is 30.5 Å². The van der Waals surface area contributed by atoms with E-state index in [1.807, 2.05) is 43.0 Å². The molecular formula is C20H21F3N2O. The molecule has 0 unspecified atom stereocenters. The van der Waals surface area contributed by atoms with Crippen molar-refractivity contribution in [3.63, 3.8) is 0 Å². The van der Waals surface area contributed by atoms with Gasteiger partial charge in [0.1, 0.15) is 0 Å². The Hall–Kier alpha value is -2.76. The highest BCUT2D eigenvalue weighted by Crippen LogP contribution is 2.31. The zero-order valence-corrected chi connectivity index (χ0v) is 14.6. The van der Waals surface area contributed by atoms with E-state index >= 15 is 0 Å². The molecule has 0 radical (unpaired) electrons. The largest absolute Gasteiger partial charge is 0.416 e. The molecule has 2 rings (SSSR count). The number of carbonyl (C=O) groups is 1. The monoisotopic (exact) mass is 362 g/mol. The quantitative estimate of drug-likeness (QED) is 0.762. The molecule has 2 N–H and O–H groups in total. The fourth-order valence-electron chi connectivity index (χ4n) is 2.65. The van der Waals surface area contributed by atoms with Gasteiger partial charge >= 0.3 is 6.18 Å². The molecule has 26 heavy (non-hydrogen) atoms. The standard InChI is InChI=1S/C20H21F3N2O/c1-14(2)25(13-15-6-5-8-17(12-15)20(21,22)23)18-9-4-3-7-16(18)10-11-19(24)26/h3-12,14H,13H2,1-2H3,(H2,24,26). The van der Waals surface area contributed by atoms with Gasteiger partial charge in [-0.05, 0) is 49.2 Å². The van der Waals surface area contributed by atoms with Crippen LogP contribution < -0.4 is 10.6 Å². The van der Waals surface area contributed by atoms with Gasteiger partial charge in [-0.15, -0.1) is 0 Å². The second-order valence-corrected chi connectivity index (χ2v) is 6.21. The number of carbonyl (C=O) groups excluding carboxylic acids is 1. The van der Waals surface area contributed by atoms with Crippen LogP contribution in [0, 0.1) is 0 Å². The van der Waals surface area contributed by atoms with Crippen molar-refractivity contribution in [3.05, 3.63) is 71.3 Å². The van der Waals surface area contributed by atoms with Gasteiger partial charge in [0.2, 0.25) is 5.91 Å². The molecule has 0 aliphatic heterocycles. The third-order valence-electron chi connectivity index (χ3n) is 3.90. The van der Waals surface area contributed by atoms with E-state index in [2.05, 4.69) is 0 Å². The number of para-hydroxylation sites is 1. The van der Waals surface area contributed by atoms with Crippen molar-refractivity contribution in [3.8, 4) is 0 Å². The van der Waals surface area contributed by atoms with Crippen molar-refractivity contribution in [2.75, 3.05) is 4.90 Å². The molecule has 1 amide bonds. The molecule has 0 atom stereocenters. The van der Waals surface area contributed by atoms with Crippen LogP contribution in [0.25, 0.3) is 6.08 Å². The van der Waals surface area contributed by atoms with Crippen LogP contribution in [0.5, 0.6) is 0 Å². The van der Waals surface area contributed by atoms with Gasteiger partial charge in [-0.25, -0.2) is 0 Å². The average Bonchev–Trinajstić information content (AvgIpc) is 2.57. The molecule has 0 spiro atoms. The number of nitrogens with two attached hydrogens (primary N) is 1. The summed E-state index contributed by atoms with van der Waals surface area (Å²) in [5.74, 6) is -0.561. The lowest BCUT2D eigenvalue weighted by Crippen LogP contribution is -2.30. The zero-order chi connectivity index (χ0) is 19.3. The molecule has 0 aliphatic rings. The Morgan fingerprint density at radius 2 is 1.85 bits per heavy atom. The number of nitrogens with zero attached hydrogens (tertiary/aromatic N) is 1. The molecule has 0 fully saturated rings. The third kappa shape index (κ3) is 5.12. The van der Waals surface area contributed by atoms with Crippen LogP contribution in [0.3, 0.4) is 0 Å². The van der Waals surface area contributed by atoms with Crippen LogP contribution in [-0.2, 0) is 17.5 Å². The number of alkyl halides is 3. The van der Waals surface area contributed by atoms with Gasteiger partial charge in [-0.3, -0.25) is 4.79 Å². The van der Waals surface area contributed by atoms with Gasteiger partial charge in [-0.2, -0.15) is 13.2 Å². The minimum absolute atomic E-state index is 0.0349. The van der Waals surface area contributed by atoms with Crippen molar-refractivity contribution < 1.29 is 18.0 Å². The Bertz CT molecular complexity index is 798. The Labute approximate surface area is 150 Å². The fraction of sp³-hybridized carbons (Fsp3) is 0.250. The molecule has 0 aliphatic carbocycles. The molecule has 2 aromatic rings. The summed E-state index contributed by atoms with van der Waals surface area (Å²) in [5, 5.41) is 0. The summed E-state index contributed by atoms with van der Waals surface area (Å²) in [5.41, 5.74) is 6.64. The lowest BCUT2D eigenvalue weighted by molar-refractivity contribution is -0.137. The number of rotatable bonds is 6. The van der Waals surface area contributed by atoms with E-state index in [0.717, 1.165) is 23.4 Å². The van der Waals surface area contributed by atoms with Gasteiger partial charge in [0.25, 0.3) is 0 Å². The SMILES string of the molecule is CC(C)N(Cc1cccc(C(F)(F)F)c1)c1ccccc1C=CC(N)=O. The first-order valence-corrected chi connectivity index (χ1v) is 8.18. The molecule has 0 heterocycles. The first-order valence-electron chi connectivity index (χ1n) is 8.18. The summed E-state index contributed by atoms with van der Waals surface area (Å²) in [4.78, 5) is 13.0. The topological polar surface area (TPSA) is 46.3 Å². The van der Waals surface area contributed by atoms with Gasteiger partial charge in [0, 0.05) is 24.4 Å². The van der Waals surface area contributed by atoms with E-state index in [9.17, 15) is 18.0 Å². The predicted octanol–water partition coefficient (Wildman–Crippen LogP) is 4.62. The van der Waals surface area contributed by atoms with Crippen LogP contribution >= 0.6 is 0 Å². The van der Waals surface area contributed by atoms with Gasteiger partial charge < -0.3 is 10.6 Å².